The highest BCUT2D eigenvalue weighted by molar-refractivity contribution is 6.18. The highest BCUT2D eigenvalue weighted by Gasteiger charge is 2.52. The fourth-order valence-electron chi connectivity index (χ4n) is 12.2. The Morgan fingerprint density at radius 2 is 0.743 bits per heavy atom. The average Bonchev–Trinajstić information content (AvgIpc) is 3.89. The van der Waals surface area contributed by atoms with Crippen LogP contribution in [0.15, 0.2) is 224 Å². The Morgan fingerprint density at radius 1 is 0.314 bits per heavy atom. The van der Waals surface area contributed by atoms with E-state index in [2.05, 4.69) is 267 Å². The van der Waals surface area contributed by atoms with Crippen LogP contribution in [-0.4, -0.2) is 4.57 Å². The molecule has 0 amide bonds. The van der Waals surface area contributed by atoms with Gasteiger partial charge in [-0.1, -0.05) is 162 Å². The molecule has 3 heteroatoms. The summed E-state index contributed by atoms with van der Waals surface area (Å²) in [5.41, 5.74) is 22.4. The van der Waals surface area contributed by atoms with Crippen LogP contribution in [-0.2, 0) is 5.41 Å². The number of hydrogen-bond acceptors (Lipinski definition) is 2. The Bertz CT molecular complexity index is 3910. The zero-order valence-electron chi connectivity index (χ0n) is 39.7. The number of nitrogens with zero attached hydrogens (tertiary/aromatic N) is 3. The maximum absolute atomic E-state index is 2.58. The number of fused-ring (bicyclic) bond motifs is 16. The second-order valence-electron chi connectivity index (χ2n) is 19.6. The van der Waals surface area contributed by atoms with Gasteiger partial charge in [-0.2, -0.15) is 0 Å². The number of para-hydroxylation sites is 1. The summed E-state index contributed by atoms with van der Waals surface area (Å²) in [6.45, 7) is 8.65. The van der Waals surface area contributed by atoms with Crippen LogP contribution in [0.25, 0.3) is 60.2 Å². The van der Waals surface area contributed by atoms with Gasteiger partial charge in [-0.25, -0.2) is 0 Å². The van der Waals surface area contributed by atoms with Crippen LogP contribution >= 0.6 is 0 Å². The minimum atomic E-state index is -0.668. The molecule has 1 spiro atoms. The predicted molar refractivity (Wildman–Crippen MR) is 295 cm³/mol. The summed E-state index contributed by atoms with van der Waals surface area (Å²) in [5.74, 6) is 0. The lowest BCUT2D eigenvalue weighted by molar-refractivity contribution is 0.749. The third-order valence-electron chi connectivity index (χ3n) is 15.4. The van der Waals surface area contributed by atoms with E-state index in [4.69, 9.17) is 0 Å². The van der Waals surface area contributed by atoms with Crippen molar-refractivity contribution in [3.05, 3.63) is 269 Å². The summed E-state index contributed by atoms with van der Waals surface area (Å²) in [5, 5.41) is 7.48. The van der Waals surface area contributed by atoms with Crippen LogP contribution in [0.5, 0.6) is 0 Å². The van der Waals surface area contributed by atoms with Crippen LogP contribution in [0, 0.1) is 27.7 Å². The Labute approximate surface area is 408 Å². The van der Waals surface area contributed by atoms with E-state index in [1.54, 1.807) is 0 Å². The Balaban J connectivity index is 1.16. The van der Waals surface area contributed by atoms with Crippen LogP contribution in [0.1, 0.15) is 44.5 Å². The van der Waals surface area contributed by atoms with Crippen LogP contribution < -0.4 is 9.80 Å². The van der Waals surface area contributed by atoms with E-state index in [9.17, 15) is 0 Å². The molecule has 0 fully saturated rings. The molecular formula is C67H49N3. The van der Waals surface area contributed by atoms with Gasteiger partial charge in [0.05, 0.1) is 22.1 Å². The quantitative estimate of drug-likeness (QED) is 0.165. The van der Waals surface area contributed by atoms with E-state index in [0.29, 0.717) is 0 Å². The molecule has 0 atom stereocenters. The standard InChI is InChI=1S/C67H49N3/c1-42-17-27-48(28-18-42)68(49-29-19-43(2)20-30-49)52-35-38-62-56(39-52)57-40-53(69(50-31-21-44(3)22-32-50)51-33-23-45(4)24-34-51)41-61-66(57)70(62)63-16-10-9-15-58(63)67(61)59-36-25-46-11-5-7-13-54(46)64(59)65-55-14-8-6-12-47(55)26-37-60(65)67/h5-41H,1-4H3. The van der Waals surface area contributed by atoms with Gasteiger partial charge >= 0.3 is 0 Å². The summed E-state index contributed by atoms with van der Waals surface area (Å²) in [4.78, 5) is 4.88. The maximum atomic E-state index is 2.58. The number of rotatable bonds is 6. The number of aryl methyl sites for hydroxylation is 4. The largest absolute Gasteiger partial charge is 0.310 e. The molecule has 12 aromatic rings. The van der Waals surface area contributed by atoms with Crippen molar-refractivity contribution >= 4 is 77.5 Å². The first-order valence-corrected chi connectivity index (χ1v) is 24.5. The lowest BCUT2D eigenvalue weighted by atomic mass is 9.65. The molecule has 3 nitrogen and oxygen atoms in total. The van der Waals surface area contributed by atoms with Crippen molar-refractivity contribution in [1.29, 1.82) is 0 Å². The van der Waals surface area contributed by atoms with Crippen molar-refractivity contribution in [1.82, 2.24) is 4.57 Å². The van der Waals surface area contributed by atoms with E-state index in [1.807, 2.05) is 0 Å². The molecule has 2 aliphatic rings. The van der Waals surface area contributed by atoms with Crippen molar-refractivity contribution in [2.24, 2.45) is 0 Å². The highest BCUT2D eigenvalue weighted by atomic mass is 15.2. The number of hydrogen-bond donors (Lipinski definition) is 0. The Morgan fingerprint density at radius 3 is 1.26 bits per heavy atom. The van der Waals surface area contributed by atoms with Gasteiger partial charge in [0.1, 0.15) is 0 Å². The molecule has 0 saturated carbocycles. The van der Waals surface area contributed by atoms with Gasteiger partial charge < -0.3 is 14.4 Å². The van der Waals surface area contributed by atoms with E-state index < -0.39 is 5.41 Å². The van der Waals surface area contributed by atoms with Crippen LogP contribution in [0.4, 0.5) is 34.1 Å². The predicted octanol–water partition coefficient (Wildman–Crippen LogP) is 17.9. The van der Waals surface area contributed by atoms with Gasteiger partial charge in [-0.05, 0) is 168 Å². The fourth-order valence-corrected chi connectivity index (χ4v) is 12.2. The zero-order chi connectivity index (χ0) is 46.8. The first-order valence-electron chi connectivity index (χ1n) is 24.5. The molecule has 1 aliphatic carbocycles. The summed E-state index contributed by atoms with van der Waals surface area (Å²) in [6.07, 6.45) is 0. The molecule has 1 aromatic heterocycles. The molecule has 11 aromatic carbocycles. The second kappa shape index (κ2) is 15.2. The van der Waals surface area contributed by atoms with Crippen molar-refractivity contribution in [3.63, 3.8) is 0 Å². The van der Waals surface area contributed by atoms with Gasteiger partial charge in [0.2, 0.25) is 0 Å². The SMILES string of the molecule is Cc1ccc(N(c2ccc(C)cc2)c2ccc3c(c2)c2cc(N(c4ccc(C)cc4)c4ccc(C)cc4)cc4c2n3-c2ccccc2C42c3ccc4ccccc4c3-c3c2ccc2ccccc32)cc1. The molecular weight excluding hydrogens is 847 g/mol. The maximum Gasteiger partial charge on any atom is 0.0755 e. The molecule has 14 rings (SSSR count). The van der Waals surface area contributed by atoms with E-state index in [-0.39, 0.29) is 0 Å². The average molecular weight is 896 g/mol. The summed E-state index contributed by atoms with van der Waals surface area (Å²) >= 11 is 0. The van der Waals surface area contributed by atoms with Crippen LogP contribution in [0.2, 0.25) is 0 Å². The number of benzene rings is 11. The fraction of sp³-hybridized carbons (Fsp3) is 0.0746. The van der Waals surface area contributed by atoms with Crippen LogP contribution in [0.3, 0.4) is 0 Å². The summed E-state index contributed by atoms with van der Waals surface area (Å²) in [7, 11) is 0. The molecule has 0 bridgehead atoms. The minimum Gasteiger partial charge on any atom is -0.310 e. The molecule has 332 valence electrons. The number of aromatic nitrogens is 1. The molecule has 0 radical (unpaired) electrons. The second-order valence-corrected chi connectivity index (χ2v) is 19.6. The minimum absolute atomic E-state index is 0.668. The van der Waals surface area contributed by atoms with Crippen molar-refractivity contribution in [2.75, 3.05) is 9.80 Å². The summed E-state index contributed by atoms with van der Waals surface area (Å²) < 4.78 is 2.58. The van der Waals surface area contributed by atoms with Gasteiger partial charge in [0.25, 0.3) is 0 Å². The van der Waals surface area contributed by atoms with Gasteiger partial charge in [0.15, 0.2) is 0 Å². The molecule has 1 aliphatic heterocycles. The van der Waals surface area contributed by atoms with E-state index in [0.717, 1.165) is 34.1 Å². The van der Waals surface area contributed by atoms with Crippen molar-refractivity contribution in [3.8, 4) is 16.8 Å². The lowest BCUT2D eigenvalue weighted by Gasteiger charge is -2.40. The Hall–Kier alpha value is -8.66. The van der Waals surface area contributed by atoms with Gasteiger partial charge in [-0.15, -0.1) is 0 Å². The Kier molecular flexibility index (Phi) is 8.76. The molecule has 0 unspecified atom stereocenters. The van der Waals surface area contributed by atoms with Gasteiger partial charge in [-0.3, -0.25) is 0 Å². The topological polar surface area (TPSA) is 11.4 Å². The molecule has 0 N–H and O–H groups in total. The van der Waals surface area contributed by atoms with E-state index in [1.165, 1.54) is 105 Å². The highest BCUT2D eigenvalue weighted by Crippen LogP contribution is 2.64. The molecule has 0 saturated heterocycles. The normalized spacial score (nSPS) is 13.0. The van der Waals surface area contributed by atoms with E-state index >= 15 is 0 Å². The monoisotopic (exact) mass is 895 g/mol. The first kappa shape index (κ1) is 40.4. The molecule has 70 heavy (non-hydrogen) atoms. The first-order chi connectivity index (χ1) is 34.3. The smallest absolute Gasteiger partial charge is 0.0755 e. The summed E-state index contributed by atoms with van der Waals surface area (Å²) in [6, 6.07) is 84.9. The zero-order valence-corrected chi connectivity index (χ0v) is 39.7. The number of anilines is 6. The van der Waals surface area contributed by atoms with Crippen molar-refractivity contribution in [2.45, 2.75) is 33.1 Å². The third-order valence-corrected chi connectivity index (χ3v) is 15.4. The lowest BCUT2D eigenvalue weighted by Crippen LogP contribution is -2.33. The molecule has 2 heterocycles. The third kappa shape index (κ3) is 5.75. The van der Waals surface area contributed by atoms with Gasteiger partial charge in [0, 0.05) is 44.9 Å². The van der Waals surface area contributed by atoms with Crippen molar-refractivity contribution < 1.29 is 0 Å².